The van der Waals surface area contributed by atoms with Gasteiger partial charge in [0.05, 0.1) is 0 Å². The SMILES string of the molecule is CC1CC(C)CC(C(=O)CCCCC(=O)C2CCC3CCCCC3C2)C1. The van der Waals surface area contributed by atoms with Crippen molar-refractivity contribution in [3.63, 3.8) is 0 Å². The standard InChI is InChI=1S/C24H40O2/c1-17-13-18(2)15-22(14-17)24(26)10-6-5-9-23(25)21-12-11-19-7-3-4-8-20(19)16-21/h17-22H,3-16H2,1-2H3. The largest absolute Gasteiger partial charge is 0.299 e. The summed E-state index contributed by atoms with van der Waals surface area (Å²) in [5, 5.41) is 0. The number of hydrogen-bond donors (Lipinski definition) is 0. The lowest BCUT2D eigenvalue weighted by atomic mass is 9.66. The smallest absolute Gasteiger partial charge is 0.135 e. The number of ketones is 2. The van der Waals surface area contributed by atoms with Crippen molar-refractivity contribution in [3.05, 3.63) is 0 Å². The highest BCUT2D eigenvalue weighted by atomic mass is 16.1. The topological polar surface area (TPSA) is 34.1 Å². The van der Waals surface area contributed by atoms with Gasteiger partial charge in [-0.3, -0.25) is 9.59 Å². The zero-order valence-corrected chi connectivity index (χ0v) is 17.2. The van der Waals surface area contributed by atoms with E-state index in [1.165, 1.54) is 44.9 Å². The van der Waals surface area contributed by atoms with E-state index in [0.29, 0.717) is 48.1 Å². The molecular weight excluding hydrogens is 320 g/mol. The molecule has 5 unspecified atom stereocenters. The first-order chi connectivity index (χ1) is 12.5. The van der Waals surface area contributed by atoms with Crippen LogP contribution in [0.3, 0.4) is 0 Å². The number of carbonyl (C=O) groups excluding carboxylic acids is 2. The van der Waals surface area contributed by atoms with Crippen LogP contribution in [0.2, 0.25) is 0 Å². The highest BCUT2D eigenvalue weighted by molar-refractivity contribution is 5.82. The predicted molar refractivity (Wildman–Crippen MR) is 107 cm³/mol. The van der Waals surface area contributed by atoms with Crippen molar-refractivity contribution in [1.82, 2.24) is 0 Å². The van der Waals surface area contributed by atoms with E-state index in [2.05, 4.69) is 13.8 Å². The molecule has 0 heterocycles. The summed E-state index contributed by atoms with van der Waals surface area (Å²) in [5.41, 5.74) is 0. The van der Waals surface area contributed by atoms with Gasteiger partial charge in [-0.2, -0.15) is 0 Å². The van der Waals surface area contributed by atoms with Crippen LogP contribution in [0.15, 0.2) is 0 Å². The minimum absolute atomic E-state index is 0.297. The van der Waals surface area contributed by atoms with Gasteiger partial charge >= 0.3 is 0 Å². The van der Waals surface area contributed by atoms with E-state index in [0.717, 1.165) is 43.9 Å². The van der Waals surface area contributed by atoms with Crippen molar-refractivity contribution in [2.24, 2.45) is 35.5 Å². The molecule has 5 atom stereocenters. The number of rotatable bonds is 7. The van der Waals surface area contributed by atoms with E-state index in [9.17, 15) is 9.59 Å². The lowest BCUT2D eigenvalue weighted by molar-refractivity contribution is -0.126. The molecule has 2 heteroatoms. The fourth-order valence-electron chi connectivity index (χ4n) is 6.38. The Kier molecular flexibility index (Phi) is 7.35. The van der Waals surface area contributed by atoms with Gasteiger partial charge in [0.2, 0.25) is 0 Å². The van der Waals surface area contributed by atoms with Crippen molar-refractivity contribution in [3.8, 4) is 0 Å². The molecule has 3 fully saturated rings. The molecule has 3 aliphatic carbocycles. The Balaban J connectivity index is 1.33. The van der Waals surface area contributed by atoms with Gasteiger partial charge < -0.3 is 0 Å². The highest BCUT2D eigenvalue weighted by Crippen LogP contribution is 2.43. The van der Waals surface area contributed by atoms with Crippen molar-refractivity contribution in [2.75, 3.05) is 0 Å². The van der Waals surface area contributed by atoms with E-state index in [4.69, 9.17) is 0 Å². The van der Waals surface area contributed by atoms with Gasteiger partial charge in [-0.1, -0.05) is 39.5 Å². The minimum Gasteiger partial charge on any atom is -0.299 e. The molecule has 2 nitrogen and oxygen atoms in total. The third kappa shape index (κ3) is 5.42. The monoisotopic (exact) mass is 360 g/mol. The highest BCUT2D eigenvalue weighted by Gasteiger charge is 2.34. The average Bonchev–Trinajstić information content (AvgIpc) is 2.63. The summed E-state index contributed by atoms with van der Waals surface area (Å²) in [5.74, 6) is 4.76. The molecule has 0 radical (unpaired) electrons. The summed E-state index contributed by atoms with van der Waals surface area (Å²) in [6.45, 7) is 4.57. The second-order valence-corrected chi connectivity index (χ2v) is 10.1. The summed E-state index contributed by atoms with van der Waals surface area (Å²) < 4.78 is 0. The average molecular weight is 361 g/mol. The molecule has 0 aromatic heterocycles. The fourth-order valence-corrected chi connectivity index (χ4v) is 6.38. The molecule has 26 heavy (non-hydrogen) atoms. The Hall–Kier alpha value is -0.660. The molecule has 0 saturated heterocycles. The van der Waals surface area contributed by atoms with Gasteiger partial charge in [-0.15, -0.1) is 0 Å². The molecule has 148 valence electrons. The first-order valence-corrected chi connectivity index (χ1v) is 11.6. The van der Waals surface area contributed by atoms with E-state index in [1.807, 2.05) is 0 Å². The van der Waals surface area contributed by atoms with Gasteiger partial charge in [0.15, 0.2) is 0 Å². The van der Waals surface area contributed by atoms with Crippen LogP contribution < -0.4 is 0 Å². The number of Topliss-reactive ketones (excluding diaryl/α,β-unsaturated/α-hetero) is 2. The zero-order chi connectivity index (χ0) is 18.5. The second kappa shape index (κ2) is 9.51. The quantitative estimate of drug-likeness (QED) is 0.495. The third-order valence-electron chi connectivity index (χ3n) is 7.73. The predicted octanol–water partition coefficient (Wildman–Crippen LogP) is 6.36. The van der Waals surface area contributed by atoms with Crippen LogP contribution >= 0.6 is 0 Å². The van der Waals surface area contributed by atoms with Gasteiger partial charge in [0, 0.05) is 24.7 Å². The number of carbonyl (C=O) groups is 2. The summed E-state index contributed by atoms with van der Waals surface area (Å²) in [6, 6.07) is 0. The van der Waals surface area contributed by atoms with Crippen LogP contribution in [0.4, 0.5) is 0 Å². The molecule has 0 aliphatic heterocycles. The Labute approximate surface area is 160 Å². The molecule has 3 saturated carbocycles. The molecular formula is C24H40O2. The van der Waals surface area contributed by atoms with Crippen LogP contribution in [-0.2, 0) is 9.59 Å². The summed E-state index contributed by atoms with van der Waals surface area (Å²) in [6.07, 6.45) is 15.9. The van der Waals surface area contributed by atoms with Crippen molar-refractivity contribution < 1.29 is 9.59 Å². The summed E-state index contributed by atoms with van der Waals surface area (Å²) in [4.78, 5) is 25.1. The number of fused-ring (bicyclic) bond motifs is 1. The Morgan fingerprint density at radius 1 is 0.654 bits per heavy atom. The van der Waals surface area contributed by atoms with Crippen molar-refractivity contribution in [2.45, 2.75) is 104 Å². The third-order valence-corrected chi connectivity index (χ3v) is 7.73. The summed E-state index contributed by atoms with van der Waals surface area (Å²) >= 11 is 0. The fraction of sp³-hybridized carbons (Fsp3) is 0.917. The van der Waals surface area contributed by atoms with E-state index in [1.54, 1.807) is 0 Å². The maximum Gasteiger partial charge on any atom is 0.135 e. The first-order valence-electron chi connectivity index (χ1n) is 11.6. The van der Waals surface area contributed by atoms with Crippen LogP contribution in [0.5, 0.6) is 0 Å². The molecule has 0 spiro atoms. The van der Waals surface area contributed by atoms with Crippen LogP contribution in [0.1, 0.15) is 104 Å². The molecule has 0 aromatic rings. The molecule has 0 aromatic carbocycles. The zero-order valence-electron chi connectivity index (χ0n) is 17.2. The second-order valence-electron chi connectivity index (χ2n) is 10.1. The van der Waals surface area contributed by atoms with Gasteiger partial charge in [0.1, 0.15) is 11.6 Å². The maximum atomic E-state index is 12.6. The van der Waals surface area contributed by atoms with Crippen LogP contribution in [-0.4, -0.2) is 11.6 Å². The lowest BCUT2D eigenvalue weighted by Crippen LogP contribution is -2.31. The Morgan fingerprint density at radius 3 is 1.88 bits per heavy atom. The van der Waals surface area contributed by atoms with E-state index < -0.39 is 0 Å². The van der Waals surface area contributed by atoms with Gasteiger partial charge in [0.25, 0.3) is 0 Å². The van der Waals surface area contributed by atoms with Crippen molar-refractivity contribution >= 4 is 11.6 Å². The number of unbranched alkanes of at least 4 members (excludes halogenated alkanes) is 1. The molecule has 0 N–H and O–H groups in total. The molecule has 3 aliphatic rings. The number of hydrogen-bond acceptors (Lipinski definition) is 2. The first kappa shape index (κ1) is 20.1. The Bertz CT molecular complexity index is 473. The van der Waals surface area contributed by atoms with Crippen LogP contribution in [0, 0.1) is 35.5 Å². The molecule has 0 bridgehead atoms. The maximum absolute atomic E-state index is 12.6. The minimum atomic E-state index is 0.297. The van der Waals surface area contributed by atoms with E-state index >= 15 is 0 Å². The van der Waals surface area contributed by atoms with Crippen molar-refractivity contribution in [1.29, 1.82) is 0 Å². The summed E-state index contributed by atoms with van der Waals surface area (Å²) in [7, 11) is 0. The van der Waals surface area contributed by atoms with Crippen LogP contribution in [0.25, 0.3) is 0 Å². The van der Waals surface area contributed by atoms with Gasteiger partial charge in [-0.05, 0) is 75.0 Å². The van der Waals surface area contributed by atoms with Gasteiger partial charge in [-0.25, -0.2) is 0 Å². The Morgan fingerprint density at radius 2 is 1.23 bits per heavy atom. The molecule has 0 amide bonds. The van der Waals surface area contributed by atoms with E-state index in [-0.39, 0.29) is 0 Å². The molecule has 3 rings (SSSR count). The normalized spacial score (nSPS) is 37.8. The lowest BCUT2D eigenvalue weighted by Gasteiger charge is -2.38.